The van der Waals surface area contributed by atoms with Crippen molar-refractivity contribution in [3.05, 3.63) is 69.4 Å². The van der Waals surface area contributed by atoms with Gasteiger partial charge in [-0.1, -0.05) is 28.1 Å². The van der Waals surface area contributed by atoms with Crippen molar-refractivity contribution in [3.8, 4) is 0 Å². The van der Waals surface area contributed by atoms with Gasteiger partial charge in [-0.05, 0) is 60.7 Å². The molecule has 108 valence electrons. The molecule has 0 radical (unpaired) electrons. The summed E-state index contributed by atoms with van der Waals surface area (Å²) in [6.07, 6.45) is 2.71. The third kappa shape index (κ3) is 3.16. The lowest BCUT2D eigenvalue weighted by atomic mass is 9.88. The Morgan fingerprint density at radius 2 is 1.95 bits per heavy atom. The number of aryl methyl sites for hydroxylation is 1. The second-order valence-electron chi connectivity index (χ2n) is 5.30. The Balaban J connectivity index is 1.71. The van der Waals surface area contributed by atoms with E-state index < -0.39 is 0 Å². The number of carbonyl (C=O) groups excluding carboxylic acids is 1. The number of hydrogen-bond donors (Lipinski definition) is 1. The Bertz CT molecular complexity index is 669. The minimum atomic E-state index is -0.331. The second-order valence-corrected chi connectivity index (χ2v) is 6.15. The Kier molecular flexibility index (Phi) is 4.06. The first kappa shape index (κ1) is 14.3. The van der Waals surface area contributed by atoms with Crippen LogP contribution in [0.5, 0.6) is 0 Å². The van der Waals surface area contributed by atoms with Crippen molar-refractivity contribution >= 4 is 21.8 Å². The lowest BCUT2D eigenvalue weighted by Gasteiger charge is -2.26. The summed E-state index contributed by atoms with van der Waals surface area (Å²) in [7, 11) is 0. The molecular formula is C17H15BrFNO. The zero-order valence-electron chi connectivity index (χ0n) is 11.4. The van der Waals surface area contributed by atoms with Crippen LogP contribution in [0.3, 0.4) is 0 Å². The summed E-state index contributed by atoms with van der Waals surface area (Å²) < 4.78 is 14.0. The van der Waals surface area contributed by atoms with Crippen LogP contribution in [0.15, 0.2) is 46.9 Å². The van der Waals surface area contributed by atoms with Gasteiger partial charge in [0.15, 0.2) is 0 Å². The zero-order chi connectivity index (χ0) is 14.8. The van der Waals surface area contributed by atoms with Crippen LogP contribution in [0.2, 0.25) is 0 Å². The number of amides is 1. The predicted octanol–water partition coefficient (Wildman–Crippen LogP) is 3.88. The third-order valence-corrected chi connectivity index (χ3v) is 4.61. The van der Waals surface area contributed by atoms with Gasteiger partial charge in [0.25, 0.3) is 5.91 Å². The van der Waals surface area contributed by atoms with Crippen LogP contribution < -0.4 is 5.32 Å². The molecule has 2 aromatic rings. The fourth-order valence-electron chi connectivity index (χ4n) is 2.74. The van der Waals surface area contributed by atoms with Crippen molar-refractivity contribution in [1.82, 2.24) is 5.32 Å². The molecule has 2 nitrogen and oxygen atoms in total. The maximum atomic E-state index is 12.9. The molecule has 1 aliphatic carbocycles. The van der Waals surface area contributed by atoms with Crippen molar-refractivity contribution < 1.29 is 9.18 Å². The first-order valence-electron chi connectivity index (χ1n) is 6.96. The molecule has 3 rings (SSSR count). The SMILES string of the molecule is O=C(N[C@@H]1CCc2cccc(Br)c2C1)c1ccc(F)cc1. The number of benzene rings is 2. The van der Waals surface area contributed by atoms with Gasteiger partial charge < -0.3 is 5.32 Å². The van der Waals surface area contributed by atoms with Gasteiger partial charge in [-0.3, -0.25) is 4.79 Å². The van der Waals surface area contributed by atoms with E-state index >= 15 is 0 Å². The van der Waals surface area contributed by atoms with E-state index in [2.05, 4.69) is 27.3 Å². The van der Waals surface area contributed by atoms with E-state index in [1.807, 2.05) is 12.1 Å². The van der Waals surface area contributed by atoms with Crippen LogP contribution in [-0.2, 0) is 12.8 Å². The molecular weight excluding hydrogens is 333 g/mol. The third-order valence-electron chi connectivity index (χ3n) is 3.87. The summed E-state index contributed by atoms with van der Waals surface area (Å²) in [5, 5.41) is 3.04. The lowest BCUT2D eigenvalue weighted by Crippen LogP contribution is -2.39. The van der Waals surface area contributed by atoms with Crippen LogP contribution in [0.1, 0.15) is 27.9 Å². The van der Waals surface area contributed by atoms with Gasteiger partial charge in [-0.25, -0.2) is 4.39 Å². The normalized spacial score (nSPS) is 17.1. The standard InChI is InChI=1S/C17H15BrFNO/c18-16-3-1-2-11-6-9-14(10-15(11)16)20-17(21)12-4-7-13(19)8-5-12/h1-5,7-8,14H,6,9-10H2,(H,20,21)/t14-/m1/s1. The van der Waals surface area contributed by atoms with Gasteiger partial charge in [0.2, 0.25) is 0 Å². The monoisotopic (exact) mass is 347 g/mol. The molecule has 21 heavy (non-hydrogen) atoms. The average Bonchev–Trinajstić information content (AvgIpc) is 2.49. The Hall–Kier alpha value is -1.68. The van der Waals surface area contributed by atoms with Gasteiger partial charge >= 0.3 is 0 Å². The minimum absolute atomic E-state index is 0.119. The van der Waals surface area contributed by atoms with Crippen molar-refractivity contribution in [2.75, 3.05) is 0 Å². The fraction of sp³-hybridized carbons (Fsp3) is 0.235. The average molecular weight is 348 g/mol. The summed E-state index contributed by atoms with van der Waals surface area (Å²) in [5.41, 5.74) is 3.11. The quantitative estimate of drug-likeness (QED) is 0.877. The van der Waals surface area contributed by atoms with Crippen molar-refractivity contribution in [1.29, 1.82) is 0 Å². The van der Waals surface area contributed by atoms with Gasteiger partial charge in [-0.2, -0.15) is 0 Å². The van der Waals surface area contributed by atoms with Crippen LogP contribution in [0, 0.1) is 5.82 Å². The molecule has 0 fully saturated rings. The molecule has 0 heterocycles. The van der Waals surface area contributed by atoms with Crippen LogP contribution in [0.25, 0.3) is 0 Å². The molecule has 0 bridgehead atoms. The summed E-state index contributed by atoms with van der Waals surface area (Å²) in [6.45, 7) is 0. The van der Waals surface area contributed by atoms with Crippen molar-refractivity contribution in [3.63, 3.8) is 0 Å². The largest absolute Gasteiger partial charge is 0.349 e. The Morgan fingerprint density at radius 3 is 2.71 bits per heavy atom. The minimum Gasteiger partial charge on any atom is -0.349 e. The number of halogens is 2. The Morgan fingerprint density at radius 1 is 1.19 bits per heavy atom. The molecule has 2 aromatic carbocycles. The molecule has 0 aliphatic heterocycles. The van der Waals surface area contributed by atoms with E-state index in [-0.39, 0.29) is 17.8 Å². The van der Waals surface area contributed by atoms with Gasteiger partial charge in [-0.15, -0.1) is 0 Å². The van der Waals surface area contributed by atoms with E-state index in [1.165, 1.54) is 35.4 Å². The summed E-state index contributed by atoms with van der Waals surface area (Å²) in [4.78, 5) is 12.2. The highest BCUT2D eigenvalue weighted by Crippen LogP contribution is 2.28. The summed E-state index contributed by atoms with van der Waals surface area (Å²) >= 11 is 3.57. The molecule has 1 amide bonds. The first-order valence-corrected chi connectivity index (χ1v) is 7.75. The van der Waals surface area contributed by atoms with E-state index in [9.17, 15) is 9.18 Å². The number of carbonyl (C=O) groups is 1. The molecule has 0 saturated carbocycles. The predicted molar refractivity (Wildman–Crippen MR) is 83.8 cm³/mol. The van der Waals surface area contributed by atoms with Gasteiger partial charge in [0.1, 0.15) is 5.82 Å². The topological polar surface area (TPSA) is 29.1 Å². The zero-order valence-corrected chi connectivity index (χ0v) is 13.0. The molecule has 0 spiro atoms. The van der Waals surface area contributed by atoms with Crippen molar-refractivity contribution in [2.45, 2.75) is 25.3 Å². The molecule has 4 heteroatoms. The van der Waals surface area contributed by atoms with E-state index in [1.54, 1.807) is 0 Å². The smallest absolute Gasteiger partial charge is 0.251 e. The number of fused-ring (bicyclic) bond motifs is 1. The van der Waals surface area contributed by atoms with Crippen LogP contribution in [0.4, 0.5) is 4.39 Å². The van der Waals surface area contributed by atoms with E-state index in [0.29, 0.717) is 5.56 Å². The highest BCUT2D eigenvalue weighted by atomic mass is 79.9. The molecule has 1 N–H and O–H groups in total. The van der Waals surface area contributed by atoms with Gasteiger partial charge in [0.05, 0.1) is 0 Å². The number of rotatable bonds is 2. The maximum absolute atomic E-state index is 12.9. The second kappa shape index (κ2) is 5.98. The van der Waals surface area contributed by atoms with Crippen LogP contribution >= 0.6 is 15.9 Å². The van der Waals surface area contributed by atoms with Crippen LogP contribution in [-0.4, -0.2) is 11.9 Å². The highest BCUT2D eigenvalue weighted by Gasteiger charge is 2.22. The fourth-order valence-corrected chi connectivity index (χ4v) is 3.31. The summed E-state index contributed by atoms with van der Waals surface area (Å²) in [5.74, 6) is -0.474. The first-order chi connectivity index (χ1) is 10.1. The number of nitrogens with one attached hydrogen (secondary N) is 1. The molecule has 0 unspecified atom stereocenters. The van der Waals surface area contributed by atoms with Gasteiger partial charge in [0, 0.05) is 16.1 Å². The van der Waals surface area contributed by atoms with Crippen molar-refractivity contribution in [2.24, 2.45) is 0 Å². The molecule has 1 aliphatic rings. The summed E-state index contributed by atoms with van der Waals surface area (Å²) in [6, 6.07) is 12.0. The Labute approximate surface area is 131 Å². The maximum Gasteiger partial charge on any atom is 0.251 e. The molecule has 0 aromatic heterocycles. The lowest BCUT2D eigenvalue weighted by molar-refractivity contribution is 0.0933. The highest BCUT2D eigenvalue weighted by molar-refractivity contribution is 9.10. The van der Waals surface area contributed by atoms with E-state index in [0.717, 1.165) is 23.7 Å². The number of hydrogen-bond acceptors (Lipinski definition) is 1. The molecule has 0 saturated heterocycles. The van der Waals surface area contributed by atoms with E-state index in [4.69, 9.17) is 0 Å². The molecule has 1 atom stereocenters.